The Bertz CT molecular complexity index is 1130. The largest absolute Gasteiger partial charge is 0.486 e. The van der Waals surface area contributed by atoms with E-state index in [1.54, 1.807) is 31.2 Å². The lowest BCUT2D eigenvalue weighted by molar-refractivity contribution is 0.171. The highest BCUT2D eigenvalue weighted by molar-refractivity contribution is 7.93. The molecule has 0 unspecified atom stereocenters. The highest BCUT2D eigenvalue weighted by atomic mass is 32.2. The van der Waals surface area contributed by atoms with Gasteiger partial charge in [-0.1, -0.05) is 6.07 Å². The third-order valence-corrected chi connectivity index (χ3v) is 7.91. The second kappa shape index (κ2) is 6.85. The van der Waals surface area contributed by atoms with E-state index < -0.39 is 20.0 Å². The van der Waals surface area contributed by atoms with Crippen molar-refractivity contribution in [1.29, 1.82) is 0 Å². The fourth-order valence-corrected chi connectivity index (χ4v) is 5.89. The van der Waals surface area contributed by atoms with Crippen molar-refractivity contribution in [2.45, 2.75) is 18.2 Å². The Hall–Kier alpha value is -2.46. The van der Waals surface area contributed by atoms with Gasteiger partial charge >= 0.3 is 0 Å². The molecule has 0 amide bonds. The standard InChI is InChI=1S/C18H20N2O6S2/c1-13-3-4-14(20-7-2-10-27(20,21)22)11-16(13)19-28(23,24)15-5-6-17-18(12-15)26-9-8-25-17/h3-6,11-12,19H,2,7-10H2,1H3. The number of nitrogens with one attached hydrogen (secondary N) is 1. The van der Waals surface area contributed by atoms with Crippen molar-refractivity contribution in [3.05, 3.63) is 42.0 Å². The van der Waals surface area contributed by atoms with E-state index in [-0.39, 0.29) is 10.6 Å². The van der Waals surface area contributed by atoms with Crippen LogP contribution in [0.3, 0.4) is 0 Å². The number of rotatable bonds is 4. The molecule has 2 heterocycles. The highest BCUT2D eigenvalue weighted by Crippen LogP contribution is 2.34. The summed E-state index contributed by atoms with van der Waals surface area (Å²) in [7, 11) is -7.24. The molecule has 1 fully saturated rings. The average molecular weight is 425 g/mol. The molecule has 0 aromatic heterocycles. The van der Waals surface area contributed by atoms with Gasteiger partial charge in [-0.05, 0) is 43.2 Å². The van der Waals surface area contributed by atoms with Crippen molar-refractivity contribution < 1.29 is 26.3 Å². The first-order chi connectivity index (χ1) is 13.3. The molecule has 1 N–H and O–H groups in total. The molecule has 150 valence electrons. The lowest BCUT2D eigenvalue weighted by atomic mass is 10.2. The van der Waals surface area contributed by atoms with Gasteiger partial charge in [0, 0.05) is 12.6 Å². The van der Waals surface area contributed by atoms with Crippen LogP contribution in [0.15, 0.2) is 41.3 Å². The molecule has 2 aromatic carbocycles. The molecule has 0 bridgehead atoms. The molecule has 0 saturated carbocycles. The van der Waals surface area contributed by atoms with Crippen molar-refractivity contribution in [1.82, 2.24) is 0 Å². The van der Waals surface area contributed by atoms with Crippen LogP contribution in [0, 0.1) is 6.92 Å². The summed E-state index contributed by atoms with van der Waals surface area (Å²) < 4.78 is 64.8. The maximum Gasteiger partial charge on any atom is 0.262 e. The van der Waals surface area contributed by atoms with Crippen molar-refractivity contribution in [2.75, 3.05) is 34.5 Å². The van der Waals surface area contributed by atoms with E-state index in [0.717, 1.165) is 0 Å². The molecule has 8 nitrogen and oxygen atoms in total. The zero-order valence-electron chi connectivity index (χ0n) is 15.2. The van der Waals surface area contributed by atoms with Crippen LogP contribution in [0.1, 0.15) is 12.0 Å². The summed E-state index contributed by atoms with van der Waals surface area (Å²) in [5, 5.41) is 0. The lowest BCUT2D eigenvalue weighted by Crippen LogP contribution is -2.25. The Kier molecular flexibility index (Phi) is 4.62. The van der Waals surface area contributed by atoms with Crippen LogP contribution in [-0.2, 0) is 20.0 Å². The van der Waals surface area contributed by atoms with Crippen molar-refractivity contribution in [3.8, 4) is 11.5 Å². The van der Waals surface area contributed by atoms with Gasteiger partial charge in [-0.3, -0.25) is 9.03 Å². The van der Waals surface area contributed by atoms with E-state index in [1.165, 1.54) is 16.4 Å². The Morgan fingerprint density at radius 1 is 1.04 bits per heavy atom. The van der Waals surface area contributed by atoms with Gasteiger partial charge in [0.2, 0.25) is 10.0 Å². The summed E-state index contributed by atoms with van der Waals surface area (Å²) >= 11 is 0. The van der Waals surface area contributed by atoms with Crippen LogP contribution in [0.4, 0.5) is 11.4 Å². The van der Waals surface area contributed by atoms with E-state index in [4.69, 9.17) is 9.47 Å². The monoisotopic (exact) mass is 424 g/mol. The fraction of sp³-hybridized carbons (Fsp3) is 0.333. The molecule has 2 aromatic rings. The van der Waals surface area contributed by atoms with Gasteiger partial charge in [0.15, 0.2) is 11.5 Å². The first kappa shape index (κ1) is 18.9. The molecule has 0 aliphatic carbocycles. The van der Waals surface area contributed by atoms with Gasteiger partial charge in [-0.25, -0.2) is 16.8 Å². The zero-order chi connectivity index (χ0) is 19.9. The number of hydrogen-bond donors (Lipinski definition) is 1. The van der Waals surface area contributed by atoms with Gasteiger partial charge in [0.1, 0.15) is 13.2 Å². The smallest absolute Gasteiger partial charge is 0.262 e. The molecular weight excluding hydrogens is 404 g/mol. The van der Waals surface area contributed by atoms with E-state index >= 15 is 0 Å². The molecule has 0 radical (unpaired) electrons. The minimum atomic E-state index is -3.89. The van der Waals surface area contributed by atoms with E-state index in [1.807, 2.05) is 0 Å². The van der Waals surface area contributed by atoms with Gasteiger partial charge in [0.25, 0.3) is 10.0 Å². The highest BCUT2D eigenvalue weighted by Gasteiger charge is 2.29. The van der Waals surface area contributed by atoms with Crippen LogP contribution in [0.2, 0.25) is 0 Å². The summed E-state index contributed by atoms with van der Waals surface area (Å²) in [6.45, 7) is 2.92. The van der Waals surface area contributed by atoms with Crippen molar-refractivity contribution in [3.63, 3.8) is 0 Å². The minimum absolute atomic E-state index is 0.0374. The number of ether oxygens (including phenoxy) is 2. The molecule has 10 heteroatoms. The number of hydrogen-bond acceptors (Lipinski definition) is 6. The van der Waals surface area contributed by atoms with Gasteiger partial charge in [-0.2, -0.15) is 0 Å². The van der Waals surface area contributed by atoms with Crippen LogP contribution >= 0.6 is 0 Å². The summed E-state index contributed by atoms with van der Waals surface area (Å²) in [5.41, 5.74) is 1.46. The number of fused-ring (bicyclic) bond motifs is 1. The summed E-state index contributed by atoms with van der Waals surface area (Å²) in [4.78, 5) is 0.0374. The van der Waals surface area contributed by atoms with Crippen molar-refractivity contribution >= 4 is 31.4 Å². The fourth-order valence-electron chi connectivity index (χ4n) is 3.20. The maximum atomic E-state index is 12.9. The van der Waals surface area contributed by atoms with Crippen LogP contribution in [0.25, 0.3) is 0 Å². The predicted molar refractivity (Wildman–Crippen MR) is 105 cm³/mol. The van der Waals surface area contributed by atoms with E-state index in [9.17, 15) is 16.8 Å². The number of benzene rings is 2. The Balaban J connectivity index is 1.65. The quantitative estimate of drug-likeness (QED) is 0.807. The first-order valence-electron chi connectivity index (χ1n) is 8.80. The molecule has 0 spiro atoms. The molecule has 2 aliphatic rings. The average Bonchev–Trinajstić information content (AvgIpc) is 3.02. The number of nitrogens with zero attached hydrogens (tertiary/aromatic N) is 1. The SMILES string of the molecule is Cc1ccc(N2CCCS2(=O)=O)cc1NS(=O)(=O)c1ccc2c(c1)OCCO2. The third kappa shape index (κ3) is 3.49. The molecule has 2 aliphatic heterocycles. The van der Waals surface area contributed by atoms with E-state index in [2.05, 4.69) is 4.72 Å². The van der Waals surface area contributed by atoms with Crippen molar-refractivity contribution in [2.24, 2.45) is 0 Å². The minimum Gasteiger partial charge on any atom is -0.486 e. The molecule has 4 rings (SSSR count). The zero-order valence-corrected chi connectivity index (χ0v) is 16.8. The van der Waals surface area contributed by atoms with Crippen LogP contribution in [0.5, 0.6) is 11.5 Å². The summed E-state index contributed by atoms with van der Waals surface area (Å²) in [6, 6.07) is 9.35. The summed E-state index contributed by atoms with van der Waals surface area (Å²) in [5.74, 6) is 0.976. The lowest BCUT2D eigenvalue weighted by Gasteiger charge is -2.20. The Labute approximate surface area is 164 Å². The predicted octanol–water partition coefficient (Wildman–Crippen LogP) is 2.11. The van der Waals surface area contributed by atoms with Gasteiger partial charge < -0.3 is 9.47 Å². The normalized spacial score (nSPS) is 18.1. The second-order valence-electron chi connectivity index (χ2n) is 6.65. The topological polar surface area (TPSA) is 102 Å². The van der Waals surface area contributed by atoms with Gasteiger partial charge in [0.05, 0.1) is 22.0 Å². The number of aryl methyl sites for hydroxylation is 1. The molecule has 1 saturated heterocycles. The maximum absolute atomic E-state index is 12.9. The molecular formula is C18H20N2O6S2. The Morgan fingerprint density at radius 3 is 2.50 bits per heavy atom. The number of anilines is 2. The van der Waals surface area contributed by atoms with E-state index in [0.29, 0.717) is 54.6 Å². The van der Waals surface area contributed by atoms with Crippen LogP contribution in [-0.4, -0.2) is 42.3 Å². The Morgan fingerprint density at radius 2 is 1.79 bits per heavy atom. The molecule has 0 atom stereocenters. The van der Waals surface area contributed by atoms with Gasteiger partial charge in [-0.15, -0.1) is 0 Å². The van der Waals surface area contributed by atoms with Crippen LogP contribution < -0.4 is 18.5 Å². The number of sulfonamides is 2. The second-order valence-corrected chi connectivity index (χ2v) is 10.3. The third-order valence-electron chi connectivity index (χ3n) is 4.68. The first-order valence-corrected chi connectivity index (χ1v) is 11.9. The summed E-state index contributed by atoms with van der Waals surface area (Å²) in [6.07, 6.45) is 0.550. The molecule has 28 heavy (non-hydrogen) atoms.